The van der Waals surface area contributed by atoms with Crippen LogP contribution in [0.4, 0.5) is 0 Å². The van der Waals surface area contributed by atoms with Crippen molar-refractivity contribution in [1.29, 1.82) is 0 Å². The van der Waals surface area contributed by atoms with E-state index < -0.39 is 6.10 Å². The lowest BCUT2D eigenvalue weighted by molar-refractivity contribution is -0.167. The van der Waals surface area contributed by atoms with Crippen LogP contribution in [0.3, 0.4) is 0 Å². The van der Waals surface area contributed by atoms with E-state index in [0.717, 1.165) is 103 Å². The minimum Gasteiger partial charge on any atom is -0.462 e. The third-order valence-electron chi connectivity index (χ3n) is 12.1. The van der Waals surface area contributed by atoms with Crippen LogP contribution < -0.4 is 0 Å². The molecule has 0 aliphatic heterocycles. The Morgan fingerprint density at radius 3 is 0.941 bits per heavy atom. The average molecular weight is 948 g/mol. The lowest BCUT2D eigenvalue weighted by Gasteiger charge is -2.18. The SMILES string of the molecule is CC/C=C\C/C=C\C/C=C\C/C=C\C/C=C\CCCCCC(=O)O[C@H](COC(=O)CCCCCCCCCCC/C=C\C/C=C\CCCCC)COC(=O)CCCCCCCCCCCCCC. The van der Waals surface area contributed by atoms with Gasteiger partial charge in [0.1, 0.15) is 13.2 Å². The van der Waals surface area contributed by atoms with Crippen molar-refractivity contribution in [1.82, 2.24) is 0 Å². The van der Waals surface area contributed by atoms with Crippen LogP contribution in [-0.2, 0) is 28.6 Å². The highest BCUT2D eigenvalue weighted by Crippen LogP contribution is 2.15. The number of hydrogen-bond acceptors (Lipinski definition) is 6. The topological polar surface area (TPSA) is 78.9 Å². The van der Waals surface area contributed by atoms with Gasteiger partial charge in [-0.2, -0.15) is 0 Å². The zero-order valence-corrected chi connectivity index (χ0v) is 44.6. The van der Waals surface area contributed by atoms with Crippen LogP contribution in [0.2, 0.25) is 0 Å². The third-order valence-corrected chi connectivity index (χ3v) is 12.1. The molecule has 0 unspecified atom stereocenters. The molecule has 0 aromatic rings. The molecule has 1 atom stereocenters. The molecule has 0 aromatic carbocycles. The quantitative estimate of drug-likeness (QED) is 0.0262. The second-order valence-electron chi connectivity index (χ2n) is 18.8. The summed E-state index contributed by atoms with van der Waals surface area (Å²) in [6.07, 6.45) is 72.8. The number of ether oxygens (including phenoxy) is 3. The number of unbranched alkanes of at least 4 members (excludes halogenated alkanes) is 26. The molecule has 0 aliphatic carbocycles. The van der Waals surface area contributed by atoms with Crippen LogP contribution in [0.25, 0.3) is 0 Å². The highest BCUT2D eigenvalue weighted by Gasteiger charge is 2.19. The summed E-state index contributed by atoms with van der Waals surface area (Å²) < 4.78 is 16.8. The fraction of sp³-hybridized carbons (Fsp3) is 0.726. The number of esters is 3. The fourth-order valence-electron chi connectivity index (χ4n) is 7.85. The van der Waals surface area contributed by atoms with Gasteiger partial charge in [0, 0.05) is 19.3 Å². The Balaban J connectivity index is 4.42. The molecule has 390 valence electrons. The highest BCUT2D eigenvalue weighted by atomic mass is 16.6. The Morgan fingerprint density at radius 2 is 0.574 bits per heavy atom. The van der Waals surface area contributed by atoms with E-state index in [1.54, 1.807) is 0 Å². The second-order valence-corrected chi connectivity index (χ2v) is 18.8. The fourth-order valence-corrected chi connectivity index (χ4v) is 7.85. The Hall–Kier alpha value is -3.41. The largest absolute Gasteiger partial charge is 0.462 e. The lowest BCUT2D eigenvalue weighted by atomic mass is 10.0. The van der Waals surface area contributed by atoms with Crippen molar-refractivity contribution in [3.05, 3.63) is 85.1 Å². The van der Waals surface area contributed by atoms with Gasteiger partial charge in [-0.1, -0.05) is 241 Å². The normalized spacial score (nSPS) is 12.7. The number of carbonyl (C=O) groups is 3. The summed E-state index contributed by atoms with van der Waals surface area (Å²) >= 11 is 0. The Kier molecular flexibility index (Phi) is 53.4. The molecular formula is C62H106O6. The first kappa shape index (κ1) is 64.6. The summed E-state index contributed by atoms with van der Waals surface area (Å²) in [5.74, 6) is -0.921. The summed E-state index contributed by atoms with van der Waals surface area (Å²) in [7, 11) is 0. The molecule has 0 saturated heterocycles. The predicted molar refractivity (Wildman–Crippen MR) is 293 cm³/mol. The molecule has 0 bridgehead atoms. The van der Waals surface area contributed by atoms with E-state index in [2.05, 4.69) is 106 Å². The maximum absolute atomic E-state index is 12.8. The molecule has 0 spiro atoms. The molecule has 0 heterocycles. The third kappa shape index (κ3) is 53.5. The van der Waals surface area contributed by atoms with Gasteiger partial charge >= 0.3 is 17.9 Å². The molecule has 6 heteroatoms. The van der Waals surface area contributed by atoms with Gasteiger partial charge < -0.3 is 14.2 Å². The summed E-state index contributed by atoms with van der Waals surface area (Å²) in [6, 6.07) is 0. The Labute approximate surface area is 420 Å². The minimum absolute atomic E-state index is 0.0896. The molecule has 0 rings (SSSR count). The van der Waals surface area contributed by atoms with Crippen molar-refractivity contribution in [2.75, 3.05) is 13.2 Å². The predicted octanol–water partition coefficient (Wildman–Crippen LogP) is 19.2. The maximum atomic E-state index is 12.8. The van der Waals surface area contributed by atoms with Crippen LogP contribution >= 0.6 is 0 Å². The Morgan fingerprint density at radius 1 is 0.309 bits per heavy atom. The van der Waals surface area contributed by atoms with E-state index in [0.29, 0.717) is 12.8 Å². The van der Waals surface area contributed by atoms with Crippen LogP contribution in [-0.4, -0.2) is 37.2 Å². The minimum atomic E-state index is -0.794. The van der Waals surface area contributed by atoms with E-state index in [1.807, 2.05) is 0 Å². The molecule has 0 radical (unpaired) electrons. The van der Waals surface area contributed by atoms with Gasteiger partial charge in [-0.25, -0.2) is 0 Å². The molecule has 0 N–H and O–H groups in total. The molecule has 68 heavy (non-hydrogen) atoms. The first-order valence-electron chi connectivity index (χ1n) is 28.6. The monoisotopic (exact) mass is 947 g/mol. The van der Waals surface area contributed by atoms with E-state index >= 15 is 0 Å². The smallest absolute Gasteiger partial charge is 0.306 e. The average Bonchev–Trinajstić information content (AvgIpc) is 3.34. The molecule has 0 aliphatic rings. The second kappa shape index (κ2) is 56.2. The van der Waals surface area contributed by atoms with E-state index in [-0.39, 0.29) is 37.5 Å². The van der Waals surface area contributed by atoms with Gasteiger partial charge in [-0.05, 0) is 96.3 Å². The number of rotatable bonds is 51. The zero-order chi connectivity index (χ0) is 49.3. The molecule has 6 nitrogen and oxygen atoms in total. The summed E-state index contributed by atoms with van der Waals surface area (Å²) in [5, 5.41) is 0. The van der Waals surface area contributed by atoms with Crippen molar-refractivity contribution in [2.45, 2.75) is 277 Å². The van der Waals surface area contributed by atoms with Gasteiger partial charge in [-0.15, -0.1) is 0 Å². The molecule has 0 fully saturated rings. The number of carbonyl (C=O) groups excluding carboxylic acids is 3. The number of hydrogen-bond donors (Lipinski definition) is 0. The first-order valence-corrected chi connectivity index (χ1v) is 28.6. The highest BCUT2D eigenvalue weighted by molar-refractivity contribution is 5.71. The van der Waals surface area contributed by atoms with Crippen molar-refractivity contribution in [3.63, 3.8) is 0 Å². The van der Waals surface area contributed by atoms with E-state index in [9.17, 15) is 14.4 Å². The van der Waals surface area contributed by atoms with Gasteiger partial charge in [0.05, 0.1) is 0 Å². The summed E-state index contributed by atoms with van der Waals surface area (Å²) in [6.45, 7) is 6.48. The molecular weight excluding hydrogens is 841 g/mol. The molecule has 0 saturated carbocycles. The van der Waals surface area contributed by atoms with Crippen LogP contribution in [0.15, 0.2) is 85.1 Å². The lowest BCUT2D eigenvalue weighted by Crippen LogP contribution is -2.30. The van der Waals surface area contributed by atoms with E-state index in [1.165, 1.54) is 128 Å². The van der Waals surface area contributed by atoms with Gasteiger partial charge in [0.2, 0.25) is 0 Å². The summed E-state index contributed by atoms with van der Waals surface area (Å²) in [4.78, 5) is 38.1. The Bertz CT molecular complexity index is 1320. The number of allylic oxidation sites excluding steroid dienone is 14. The van der Waals surface area contributed by atoms with Gasteiger partial charge in [-0.3, -0.25) is 14.4 Å². The standard InChI is InChI=1S/C62H106O6/c1-4-7-10-13-16-19-22-25-27-29-31-33-35-37-40-43-46-49-52-55-61(64)67-58-59(57-66-60(63)54-51-48-45-42-39-24-21-18-15-12-9-6-3)68-62(65)56-53-50-47-44-41-38-36-34-32-30-28-26-23-20-17-14-11-8-5-2/h8,11,16-17,19-20,25-28,32,34,38,41,59H,4-7,9-10,12-15,18,21-24,29-31,33,35-37,39-40,42-58H2,1-3H3/b11-8-,19-16-,20-17-,27-25-,28-26-,34-32-,41-38-/t59-/m0/s1. The van der Waals surface area contributed by atoms with Crippen molar-refractivity contribution in [3.8, 4) is 0 Å². The zero-order valence-electron chi connectivity index (χ0n) is 44.6. The van der Waals surface area contributed by atoms with Crippen LogP contribution in [0.1, 0.15) is 271 Å². The van der Waals surface area contributed by atoms with Crippen LogP contribution in [0.5, 0.6) is 0 Å². The van der Waals surface area contributed by atoms with E-state index in [4.69, 9.17) is 14.2 Å². The summed E-state index contributed by atoms with van der Waals surface area (Å²) in [5.41, 5.74) is 0. The molecule has 0 aromatic heterocycles. The van der Waals surface area contributed by atoms with Crippen LogP contribution in [0, 0.1) is 0 Å². The van der Waals surface area contributed by atoms with Gasteiger partial charge in [0.25, 0.3) is 0 Å². The maximum Gasteiger partial charge on any atom is 0.306 e. The van der Waals surface area contributed by atoms with Crippen molar-refractivity contribution in [2.24, 2.45) is 0 Å². The van der Waals surface area contributed by atoms with Crippen molar-refractivity contribution < 1.29 is 28.6 Å². The van der Waals surface area contributed by atoms with Crippen molar-refractivity contribution >= 4 is 17.9 Å². The molecule has 0 amide bonds. The van der Waals surface area contributed by atoms with Gasteiger partial charge in [0.15, 0.2) is 6.10 Å². The first-order chi connectivity index (χ1) is 33.5.